The molecule has 2 aromatic heterocycles. The number of carbonyl (C=O) groups excluding carboxylic acids is 1. The van der Waals surface area contributed by atoms with E-state index in [4.69, 9.17) is 0 Å². The molecule has 0 aromatic carbocycles. The summed E-state index contributed by atoms with van der Waals surface area (Å²) in [5.74, 6) is -0.617. The van der Waals surface area contributed by atoms with Crippen molar-refractivity contribution in [2.75, 3.05) is 0 Å². The van der Waals surface area contributed by atoms with Gasteiger partial charge in [0.05, 0.1) is 6.20 Å². The van der Waals surface area contributed by atoms with Crippen LogP contribution >= 0.6 is 0 Å². The van der Waals surface area contributed by atoms with E-state index >= 15 is 0 Å². The molecule has 0 aliphatic rings. The number of alkyl halides is 3. The molecule has 0 aliphatic heterocycles. The van der Waals surface area contributed by atoms with E-state index in [1.165, 1.54) is 7.05 Å². The molecule has 1 amide bonds. The van der Waals surface area contributed by atoms with Gasteiger partial charge in [-0.15, -0.1) is 0 Å². The lowest BCUT2D eigenvalue weighted by molar-refractivity contribution is -0.141. The highest BCUT2D eigenvalue weighted by Crippen LogP contribution is 2.28. The van der Waals surface area contributed by atoms with Gasteiger partial charge in [-0.25, -0.2) is 0 Å². The van der Waals surface area contributed by atoms with E-state index < -0.39 is 17.8 Å². The first-order chi connectivity index (χ1) is 10.2. The van der Waals surface area contributed by atoms with E-state index in [2.05, 4.69) is 15.5 Å². The van der Waals surface area contributed by atoms with Crippen LogP contribution in [-0.2, 0) is 26.3 Å². The maximum absolute atomic E-state index is 12.6. The number of hydrogen-bond donors (Lipinski definition) is 1. The number of halogens is 3. The number of nitrogens with zero attached hydrogens (tertiary/aromatic N) is 4. The molecule has 0 bridgehead atoms. The normalized spacial score (nSPS) is 11.7. The number of aryl methyl sites for hydroxylation is 2. The Kier molecular flexibility index (Phi) is 4.25. The lowest BCUT2D eigenvalue weighted by Crippen LogP contribution is -2.25. The summed E-state index contributed by atoms with van der Waals surface area (Å²) in [6.07, 6.45) is -2.95. The molecular weight excluding hydrogens is 299 g/mol. The molecule has 9 heteroatoms. The van der Waals surface area contributed by atoms with Crippen molar-refractivity contribution in [3.63, 3.8) is 0 Å². The third kappa shape index (κ3) is 3.12. The van der Waals surface area contributed by atoms with Gasteiger partial charge in [-0.2, -0.15) is 23.4 Å². The summed E-state index contributed by atoms with van der Waals surface area (Å²) in [7, 11) is 1.30. The van der Waals surface area contributed by atoms with Crippen molar-refractivity contribution >= 4 is 5.91 Å². The number of carbonyl (C=O) groups is 1. The second kappa shape index (κ2) is 5.82. The van der Waals surface area contributed by atoms with Crippen LogP contribution in [-0.4, -0.2) is 25.5 Å². The van der Waals surface area contributed by atoms with Crippen molar-refractivity contribution in [2.24, 2.45) is 7.05 Å². The van der Waals surface area contributed by atoms with Crippen LogP contribution in [0.4, 0.5) is 13.2 Å². The SMILES string of the molecule is CCn1ncc(CNC(=O)c2cc(C(F)(F)F)nn2C)c1C. The van der Waals surface area contributed by atoms with E-state index in [0.29, 0.717) is 6.54 Å². The first kappa shape index (κ1) is 16.1. The molecule has 0 fully saturated rings. The zero-order chi connectivity index (χ0) is 16.5. The van der Waals surface area contributed by atoms with Gasteiger partial charge in [0, 0.05) is 37.5 Å². The van der Waals surface area contributed by atoms with Crippen LogP contribution in [0.2, 0.25) is 0 Å². The van der Waals surface area contributed by atoms with Crippen molar-refractivity contribution in [3.05, 3.63) is 34.9 Å². The summed E-state index contributed by atoms with van der Waals surface area (Å²) in [5, 5.41) is 10.0. The summed E-state index contributed by atoms with van der Waals surface area (Å²) >= 11 is 0. The van der Waals surface area contributed by atoms with Gasteiger partial charge >= 0.3 is 6.18 Å². The van der Waals surface area contributed by atoms with E-state index in [1.54, 1.807) is 10.9 Å². The third-order valence-corrected chi connectivity index (χ3v) is 3.35. The monoisotopic (exact) mass is 315 g/mol. The first-order valence-corrected chi connectivity index (χ1v) is 6.64. The molecule has 0 spiro atoms. The molecule has 22 heavy (non-hydrogen) atoms. The Balaban J connectivity index is 2.09. The fourth-order valence-electron chi connectivity index (χ4n) is 2.06. The minimum absolute atomic E-state index is 0.145. The quantitative estimate of drug-likeness (QED) is 0.937. The second-order valence-electron chi connectivity index (χ2n) is 4.79. The Labute approximate surface area is 124 Å². The van der Waals surface area contributed by atoms with E-state index in [9.17, 15) is 18.0 Å². The molecular formula is C13H16F3N5O. The highest BCUT2D eigenvalue weighted by atomic mass is 19.4. The first-order valence-electron chi connectivity index (χ1n) is 6.64. The van der Waals surface area contributed by atoms with Crippen molar-refractivity contribution < 1.29 is 18.0 Å². The Morgan fingerprint density at radius 1 is 1.41 bits per heavy atom. The van der Waals surface area contributed by atoms with Crippen molar-refractivity contribution in [3.8, 4) is 0 Å². The van der Waals surface area contributed by atoms with Gasteiger partial charge in [0.15, 0.2) is 5.69 Å². The van der Waals surface area contributed by atoms with Crippen LogP contribution in [0.3, 0.4) is 0 Å². The summed E-state index contributed by atoms with van der Waals surface area (Å²) < 4.78 is 40.4. The summed E-state index contributed by atoms with van der Waals surface area (Å²) in [6, 6.07) is 0.734. The maximum Gasteiger partial charge on any atom is 0.435 e. The van der Waals surface area contributed by atoms with Gasteiger partial charge in [0.25, 0.3) is 5.91 Å². The van der Waals surface area contributed by atoms with Crippen molar-refractivity contribution in [1.29, 1.82) is 0 Å². The molecule has 2 rings (SSSR count). The van der Waals surface area contributed by atoms with Crippen LogP contribution in [0.15, 0.2) is 12.3 Å². The predicted molar refractivity (Wildman–Crippen MR) is 72.0 cm³/mol. The zero-order valence-corrected chi connectivity index (χ0v) is 12.4. The minimum atomic E-state index is -4.57. The lowest BCUT2D eigenvalue weighted by Gasteiger charge is -2.05. The average Bonchev–Trinajstić information content (AvgIpc) is 2.99. The fourth-order valence-corrected chi connectivity index (χ4v) is 2.06. The third-order valence-electron chi connectivity index (χ3n) is 3.35. The molecule has 1 N–H and O–H groups in total. The number of hydrogen-bond acceptors (Lipinski definition) is 3. The molecule has 120 valence electrons. The minimum Gasteiger partial charge on any atom is -0.347 e. The Hall–Kier alpha value is -2.32. The summed E-state index contributed by atoms with van der Waals surface area (Å²) in [6.45, 7) is 4.70. The number of amides is 1. The van der Waals surface area contributed by atoms with E-state index in [1.807, 2.05) is 13.8 Å². The molecule has 6 nitrogen and oxygen atoms in total. The van der Waals surface area contributed by atoms with Gasteiger partial charge in [-0.1, -0.05) is 0 Å². The molecule has 0 unspecified atom stereocenters. The highest BCUT2D eigenvalue weighted by Gasteiger charge is 2.35. The topological polar surface area (TPSA) is 64.7 Å². The second-order valence-corrected chi connectivity index (χ2v) is 4.79. The molecule has 0 saturated carbocycles. The van der Waals surface area contributed by atoms with Gasteiger partial charge in [-0.3, -0.25) is 14.2 Å². The molecule has 2 aromatic rings. The summed E-state index contributed by atoms with van der Waals surface area (Å²) in [5.41, 5.74) is 0.486. The van der Waals surface area contributed by atoms with E-state index in [0.717, 1.165) is 22.0 Å². The van der Waals surface area contributed by atoms with Crippen LogP contribution in [0.1, 0.15) is 34.4 Å². The molecule has 0 atom stereocenters. The predicted octanol–water partition coefficient (Wildman–Crippen LogP) is 1.89. The molecule has 2 heterocycles. The molecule has 0 saturated heterocycles. The lowest BCUT2D eigenvalue weighted by atomic mass is 10.2. The van der Waals surface area contributed by atoms with Crippen LogP contribution in [0.5, 0.6) is 0 Å². The Morgan fingerprint density at radius 2 is 2.09 bits per heavy atom. The smallest absolute Gasteiger partial charge is 0.347 e. The van der Waals surface area contributed by atoms with Gasteiger partial charge < -0.3 is 5.32 Å². The molecule has 0 radical (unpaired) electrons. The van der Waals surface area contributed by atoms with Crippen LogP contribution < -0.4 is 5.32 Å². The number of rotatable bonds is 4. The fraction of sp³-hybridized carbons (Fsp3) is 0.462. The van der Waals surface area contributed by atoms with Crippen LogP contribution in [0, 0.1) is 6.92 Å². The van der Waals surface area contributed by atoms with Crippen LogP contribution in [0.25, 0.3) is 0 Å². The van der Waals surface area contributed by atoms with Gasteiger partial charge in [-0.05, 0) is 13.8 Å². The standard InChI is InChI=1S/C13H16F3N5O/c1-4-21-8(2)9(7-18-21)6-17-12(22)10-5-11(13(14,15)16)19-20(10)3/h5,7H,4,6H2,1-3H3,(H,17,22). The number of nitrogens with one attached hydrogen (secondary N) is 1. The zero-order valence-electron chi connectivity index (χ0n) is 12.4. The van der Waals surface area contributed by atoms with Gasteiger partial charge in [0.2, 0.25) is 0 Å². The Morgan fingerprint density at radius 3 is 2.59 bits per heavy atom. The number of aromatic nitrogens is 4. The summed E-state index contributed by atoms with van der Waals surface area (Å²) in [4.78, 5) is 12.0. The maximum atomic E-state index is 12.6. The van der Waals surface area contributed by atoms with Crippen molar-refractivity contribution in [1.82, 2.24) is 24.9 Å². The van der Waals surface area contributed by atoms with Crippen molar-refractivity contribution in [2.45, 2.75) is 33.1 Å². The van der Waals surface area contributed by atoms with E-state index in [-0.39, 0.29) is 12.2 Å². The molecule has 0 aliphatic carbocycles. The Bertz CT molecular complexity index is 686. The van der Waals surface area contributed by atoms with Gasteiger partial charge in [0.1, 0.15) is 5.69 Å². The largest absolute Gasteiger partial charge is 0.435 e. The highest BCUT2D eigenvalue weighted by molar-refractivity contribution is 5.92. The average molecular weight is 315 g/mol.